The minimum Gasteiger partial charge on any atom is -0.477 e. The van der Waals surface area contributed by atoms with E-state index in [4.69, 9.17) is 4.42 Å². The highest BCUT2D eigenvalue weighted by Gasteiger charge is 2.31. The summed E-state index contributed by atoms with van der Waals surface area (Å²) in [4.78, 5) is 16.8. The summed E-state index contributed by atoms with van der Waals surface area (Å²) < 4.78 is 46.8. The molecule has 3 aromatic carbocycles. The zero-order valence-electron chi connectivity index (χ0n) is 16.4. The number of oxazole rings is 1. The molecule has 0 aliphatic carbocycles. The van der Waals surface area contributed by atoms with Crippen molar-refractivity contribution in [1.29, 1.82) is 0 Å². The van der Waals surface area contributed by atoms with Gasteiger partial charge in [-0.3, -0.25) is 0 Å². The van der Waals surface area contributed by atoms with E-state index in [1.165, 1.54) is 16.7 Å². The standard InChI is InChI=1S/C24H15F3N2O3/c25-24(26,27)15-7-5-6-14(12-15)13-29-18-10-3-1-8-16(18)20(21(29)23(30)31)22-28-17-9-2-4-11-19(17)32-22/h1-12H,13H2,(H,30,31). The number of para-hydroxylation sites is 3. The molecule has 0 saturated carbocycles. The number of carbonyl (C=O) groups is 1. The summed E-state index contributed by atoms with van der Waals surface area (Å²) in [6.45, 7) is -0.0632. The van der Waals surface area contributed by atoms with E-state index in [0.717, 1.165) is 12.1 Å². The van der Waals surface area contributed by atoms with Gasteiger partial charge in [-0.2, -0.15) is 13.2 Å². The summed E-state index contributed by atoms with van der Waals surface area (Å²) in [6, 6.07) is 18.9. The molecule has 32 heavy (non-hydrogen) atoms. The van der Waals surface area contributed by atoms with E-state index in [9.17, 15) is 23.1 Å². The number of hydrogen-bond acceptors (Lipinski definition) is 3. The van der Waals surface area contributed by atoms with E-state index >= 15 is 0 Å². The Hall–Kier alpha value is -4.07. The van der Waals surface area contributed by atoms with Crippen molar-refractivity contribution in [3.05, 3.63) is 89.6 Å². The van der Waals surface area contributed by atoms with Gasteiger partial charge < -0.3 is 14.1 Å². The molecule has 5 nitrogen and oxygen atoms in total. The Morgan fingerprint density at radius 2 is 1.75 bits per heavy atom. The predicted octanol–water partition coefficient (Wildman–Crippen LogP) is 6.21. The van der Waals surface area contributed by atoms with E-state index in [2.05, 4.69) is 4.98 Å². The predicted molar refractivity (Wildman–Crippen MR) is 112 cm³/mol. The molecular weight excluding hydrogens is 421 g/mol. The Kier molecular flexibility index (Phi) is 4.51. The highest BCUT2D eigenvalue weighted by molar-refractivity contribution is 6.07. The molecule has 0 radical (unpaired) electrons. The van der Waals surface area contributed by atoms with Crippen LogP contribution in [0.1, 0.15) is 21.6 Å². The third-order valence-electron chi connectivity index (χ3n) is 5.28. The fourth-order valence-corrected chi connectivity index (χ4v) is 3.91. The van der Waals surface area contributed by atoms with Crippen LogP contribution in [-0.4, -0.2) is 20.6 Å². The number of aromatic carboxylic acids is 1. The minimum atomic E-state index is -4.49. The van der Waals surface area contributed by atoms with Crippen molar-refractivity contribution in [2.75, 3.05) is 0 Å². The molecule has 0 bridgehead atoms. The van der Waals surface area contributed by atoms with Crippen molar-refractivity contribution in [2.24, 2.45) is 0 Å². The maximum atomic E-state index is 13.2. The largest absolute Gasteiger partial charge is 0.477 e. The van der Waals surface area contributed by atoms with Gasteiger partial charge in [-0.1, -0.05) is 42.5 Å². The van der Waals surface area contributed by atoms with Gasteiger partial charge in [-0.25, -0.2) is 9.78 Å². The first kappa shape index (κ1) is 19.9. The van der Waals surface area contributed by atoms with E-state index in [1.807, 2.05) is 0 Å². The van der Waals surface area contributed by atoms with Crippen LogP contribution in [0.2, 0.25) is 0 Å². The molecule has 1 N–H and O–H groups in total. The van der Waals surface area contributed by atoms with Crippen molar-refractivity contribution in [3.8, 4) is 11.5 Å². The molecule has 8 heteroatoms. The van der Waals surface area contributed by atoms with Gasteiger partial charge in [0.15, 0.2) is 5.58 Å². The smallest absolute Gasteiger partial charge is 0.416 e. The average Bonchev–Trinajstić information content (AvgIpc) is 3.32. The lowest BCUT2D eigenvalue weighted by atomic mass is 10.1. The first-order valence-corrected chi connectivity index (χ1v) is 9.69. The number of halogens is 3. The molecule has 0 amide bonds. The van der Waals surface area contributed by atoms with E-state index < -0.39 is 17.7 Å². The molecule has 2 heterocycles. The van der Waals surface area contributed by atoms with Crippen molar-refractivity contribution in [3.63, 3.8) is 0 Å². The van der Waals surface area contributed by atoms with Crippen LogP contribution < -0.4 is 0 Å². The fourth-order valence-electron chi connectivity index (χ4n) is 3.91. The maximum Gasteiger partial charge on any atom is 0.416 e. The van der Waals surface area contributed by atoms with Gasteiger partial charge in [0.2, 0.25) is 5.89 Å². The van der Waals surface area contributed by atoms with Gasteiger partial charge in [0, 0.05) is 17.4 Å². The molecule has 0 aliphatic heterocycles. The molecule has 5 rings (SSSR count). The lowest BCUT2D eigenvalue weighted by Crippen LogP contribution is -2.12. The van der Waals surface area contributed by atoms with E-state index in [1.54, 1.807) is 48.5 Å². The van der Waals surface area contributed by atoms with Crippen molar-refractivity contribution in [1.82, 2.24) is 9.55 Å². The molecule has 0 spiro atoms. The number of fused-ring (bicyclic) bond motifs is 2. The van der Waals surface area contributed by atoms with Gasteiger partial charge in [-0.15, -0.1) is 0 Å². The third-order valence-corrected chi connectivity index (χ3v) is 5.28. The second kappa shape index (κ2) is 7.26. The van der Waals surface area contributed by atoms with Crippen LogP contribution in [0.5, 0.6) is 0 Å². The normalized spacial score (nSPS) is 12.0. The molecule has 5 aromatic rings. The number of aromatic nitrogens is 2. The number of nitrogens with zero attached hydrogens (tertiary/aromatic N) is 2. The first-order chi connectivity index (χ1) is 15.3. The Morgan fingerprint density at radius 3 is 2.50 bits per heavy atom. The SMILES string of the molecule is O=C(O)c1c(-c2nc3ccccc3o2)c2ccccc2n1Cc1cccc(C(F)(F)F)c1. The fraction of sp³-hybridized carbons (Fsp3) is 0.0833. The zero-order chi connectivity index (χ0) is 22.5. The second-order valence-corrected chi connectivity index (χ2v) is 7.32. The third kappa shape index (κ3) is 3.30. The van der Waals surface area contributed by atoms with E-state index in [0.29, 0.717) is 27.6 Å². The molecule has 0 saturated heterocycles. The quantitative estimate of drug-likeness (QED) is 0.363. The molecule has 0 fully saturated rings. The topological polar surface area (TPSA) is 68.3 Å². The number of carboxylic acids is 1. The number of benzene rings is 3. The van der Waals surface area contributed by atoms with Crippen molar-refractivity contribution in [2.45, 2.75) is 12.7 Å². The molecule has 0 atom stereocenters. The van der Waals surface area contributed by atoms with E-state index in [-0.39, 0.29) is 23.7 Å². The van der Waals surface area contributed by atoms with Crippen LogP contribution in [0.4, 0.5) is 13.2 Å². The number of alkyl halides is 3. The van der Waals surface area contributed by atoms with Gasteiger partial charge in [0.1, 0.15) is 11.2 Å². The first-order valence-electron chi connectivity index (χ1n) is 9.69. The Labute approximate surface area is 179 Å². The molecular formula is C24H15F3N2O3. The van der Waals surface area contributed by atoms with Crippen LogP contribution >= 0.6 is 0 Å². The van der Waals surface area contributed by atoms with Gasteiger partial charge in [0.05, 0.1) is 11.1 Å². The van der Waals surface area contributed by atoms with Crippen LogP contribution in [-0.2, 0) is 12.7 Å². The zero-order valence-corrected chi connectivity index (χ0v) is 16.4. The summed E-state index contributed by atoms with van der Waals surface area (Å²) in [5.74, 6) is -1.09. The van der Waals surface area contributed by atoms with Gasteiger partial charge in [-0.05, 0) is 35.9 Å². The van der Waals surface area contributed by atoms with Crippen LogP contribution in [0, 0.1) is 0 Å². The Morgan fingerprint density at radius 1 is 1.00 bits per heavy atom. The summed E-state index contributed by atoms with van der Waals surface area (Å²) in [5.41, 5.74) is 1.36. The molecule has 0 aliphatic rings. The highest BCUT2D eigenvalue weighted by atomic mass is 19.4. The minimum absolute atomic E-state index is 0.0632. The Bertz CT molecular complexity index is 1450. The maximum absolute atomic E-state index is 13.2. The highest BCUT2D eigenvalue weighted by Crippen LogP contribution is 2.37. The summed E-state index contributed by atoms with van der Waals surface area (Å²) in [6.07, 6.45) is -4.49. The van der Waals surface area contributed by atoms with Crippen molar-refractivity contribution >= 4 is 28.0 Å². The number of carboxylic acid groups (broad SMARTS) is 1. The van der Waals surface area contributed by atoms with Crippen LogP contribution in [0.15, 0.2) is 77.2 Å². The monoisotopic (exact) mass is 436 g/mol. The van der Waals surface area contributed by atoms with Crippen LogP contribution in [0.25, 0.3) is 33.5 Å². The average molecular weight is 436 g/mol. The molecule has 2 aromatic heterocycles. The number of rotatable bonds is 4. The summed E-state index contributed by atoms with van der Waals surface area (Å²) in [7, 11) is 0. The van der Waals surface area contributed by atoms with Crippen molar-refractivity contribution < 1.29 is 27.5 Å². The molecule has 160 valence electrons. The lowest BCUT2D eigenvalue weighted by Gasteiger charge is -2.12. The second-order valence-electron chi connectivity index (χ2n) is 7.32. The summed E-state index contributed by atoms with van der Waals surface area (Å²) in [5, 5.41) is 10.7. The lowest BCUT2D eigenvalue weighted by molar-refractivity contribution is -0.137. The summed E-state index contributed by atoms with van der Waals surface area (Å²) >= 11 is 0. The molecule has 0 unspecified atom stereocenters. The number of hydrogen-bond donors (Lipinski definition) is 1. The van der Waals surface area contributed by atoms with Gasteiger partial charge >= 0.3 is 12.1 Å². The Balaban J connectivity index is 1.74. The van der Waals surface area contributed by atoms with Gasteiger partial charge in [0.25, 0.3) is 0 Å². The van der Waals surface area contributed by atoms with Crippen LogP contribution in [0.3, 0.4) is 0 Å².